The minimum atomic E-state index is -0.415. The van der Waals surface area contributed by atoms with Gasteiger partial charge in [-0.3, -0.25) is 0 Å². The smallest absolute Gasteiger partial charge is 0.137 e. The van der Waals surface area contributed by atoms with E-state index in [1.54, 1.807) is 10.6 Å². The molecule has 2 nitrogen and oxygen atoms in total. The van der Waals surface area contributed by atoms with Crippen LogP contribution >= 0.6 is 15.9 Å². The van der Waals surface area contributed by atoms with Gasteiger partial charge in [0.25, 0.3) is 0 Å². The van der Waals surface area contributed by atoms with Gasteiger partial charge in [0, 0.05) is 37.8 Å². The molecular formula is C24H14BrNO. The third kappa shape index (κ3) is 2.06. The zero-order valence-corrected chi connectivity index (χ0v) is 15.4. The van der Waals surface area contributed by atoms with Crippen LogP contribution in [0.3, 0.4) is 0 Å². The summed E-state index contributed by atoms with van der Waals surface area (Å²) in [6.45, 7) is 0. The highest BCUT2D eigenvalue weighted by Crippen LogP contribution is 2.37. The minimum Gasteiger partial charge on any atom is -0.456 e. The van der Waals surface area contributed by atoms with E-state index in [0.717, 1.165) is 16.4 Å². The first-order valence-electron chi connectivity index (χ1n) is 11.8. The molecule has 6 aromatic rings. The van der Waals surface area contributed by atoms with Crippen LogP contribution in [-0.4, -0.2) is 4.57 Å². The van der Waals surface area contributed by atoms with E-state index >= 15 is 0 Å². The summed E-state index contributed by atoms with van der Waals surface area (Å²) in [6, 6.07) is 11.0. The summed E-state index contributed by atoms with van der Waals surface area (Å²) in [5.41, 5.74) is 2.38. The van der Waals surface area contributed by atoms with E-state index in [4.69, 9.17) is 14.0 Å². The Labute approximate surface area is 173 Å². The number of rotatable bonds is 1. The SMILES string of the molecule is [2H]c1c([2H])c([2H])c2c(c1[2H])c1c([2H])c([2H])c([2H])c(Br)c1n2-c1ccc2c(c1)oc1ccccc12. The topological polar surface area (TPSA) is 18.1 Å². The summed E-state index contributed by atoms with van der Waals surface area (Å²) < 4.78 is 66.6. The number of hydrogen-bond acceptors (Lipinski definition) is 1. The van der Waals surface area contributed by atoms with Crippen molar-refractivity contribution in [3.63, 3.8) is 0 Å². The number of benzene rings is 4. The number of hydrogen-bond donors (Lipinski definition) is 0. The second-order valence-electron chi connectivity index (χ2n) is 6.25. The van der Waals surface area contributed by atoms with Crippen LogP contribution in [0, 0.1) is 0 Å². The van der Waals surface area contributed by atoms with Gasteiger partial charge in [0.2, 0.25) is 0 Å². The van der Waals surface area contributed by atoms with Crippen LogP contribution in [-0.2, 0) is 0 Å². The molecule has 0 saturated carbocycles. The van der Waals surface area contributed by atoms with E-state index in [9.17, 15) is 0 Å². The van der Waals surface area contributed by atoms with Crippen molar-refractivity contribution in [3.8, 4) is 5.69 Å². The minimum absolute atomic E-state index is 0.143. The van der Waals surface area contributed by atoms with Crippen molar-refractivity contribution in [1.82, 2.24) is 4.57 Å². The number of furan rings is 1. The Kier molecular flexibility index (Phi) is 1.98. The molecule has 0 radical (unpaired) electrons. The molecule has 4 aromatic carbocycles. The second kappa shape index (κ2) is 5.48. The summed E-state index contributed by atoms with van der Waals surface area (Å²) in [7, 11) is 0. The van der Waals surface area contributed by atoms with E-state index in [1.807, 2.05) is 36.4 Å². The molecule has 0 spiro atoms. The number of aromatic nitrogens is 1. The van der Waals surface area contributed by atoms with Crippen LogP contribution in [0.4, 0.5) is 0 Å². The fourth-order valence-electron chi connectivity index (χ4n) is 3.65. The van der Waals surface area contributed by atoms with Crippen molar-refractivity contribution in [2.24, 2.45) is 0 Å². The zero-order chi connectivity index (χ0) is 24.0. The first-order valence-corrected chi connectivity index (χ1v) is 9.13. The van der Waals surface area contributed by atoms with Crippen molar-refractivity contribution in [1.29, 1.82) is 0 Å². The van der Waals surface area contributed by atoms with Crippen molar-refractivity contribution >= 4 is 59.7 Å². The maximum Gasteiger partial charge on any atom is 0.137 e. The van der Waals surface area contributed by atoms with E-state index < -0.39 is 12.1 Å². The second-order valence-corrected chi connectivity index (χ2v) is 7.04. The molecule has 6 rings (SSSR count). The monoisotopic (exact) mass is 418 g/mol. The molecule has 0 aliphatic heterocycles. The van der Waals surface area contributed by atoms with Crippen molar-refractivity contribution in [3.05, 3.63) is 89.2 Å². The molecule has 2 heterocycles. The quantitative estimate of drug-likeness (QED) is 0.271. The summed E-state index contributed by atoms with van der Waals surface area (Å²) in [4.78, 5) is 0. The number of nitrogens with zero attached hydrogens (tertiary/aromatic N) is 1. The third-order valence-electron chi connectivity index (χ3n) is 4.79. The average molecular weight is 419 g/mol. The number of para-hydroxylation sites is 3. The van der Waals surface area contributed by atoms with E-state index in [2.05, 4.69) is 15.9 Å². The standard InChI is InChI=1S/C24H14BrNO/c25-20-9-5-8-19-16-6-1-3-10-21(16)26(24(19)20)15-12-13-18-17-7-2-4-11-22(17)27-23(18)14-15/h1-14H/i1D,3D,5D,6D,8D,9D,10D. The predicted octanol–water partition coefficient (Wildman–Crippen LogP) is 7.45. The molecule has 0 fully saturated rings. The van der Waals surface area contributed by atoms with Gasteiger partial charge >= 0.3 is 0 Å². The summed E-state index contributed by atoms with van der Waals surface area (Å²) >= 11 is 3.40. The lowest BCUT2D eigenvalue weighted by molar-refractivity contribution is 0.668. The molecule has 27 heavy (non-hydrogen) atoms. The highest BCUT2D eigenvalue weighted by Gasteiger charge is 2.15. The van der Waals surface area contributed by atoms with Gasteiger partial charge in [-0.2, -0.15) is 0 Å². The highest BCUT2D eigenvalue weighted by molar-refractivity contribution is 9.10. The van der Waals surface area contributed by atoms with Crippen LogP contribution in [0.5, 0.6) is 0 Å². The first kappa shape index (κ1) is 9.77. The van der Waals surface area contributed by atoms with Gasteiger partial charge in [0.1, 0.15) is 11.2 Å². The molecule has 0 N–H and O–H groups in total. The number of halogens is 1. The van der Waals surface area contributed by atoms with Crippen LogP contribution in [0.2, 0.25) is 0 Å². The first-order chi connectivity index (χ1) is 16.2. The summed E-state index contributed by atoms with van der Waals surface area (Å²) in [5.74, 6) is 0. The summed E-state index contributed by atoms with van der Waals surface area (Å²) in [5, 5.41) is 2.19. The average Bonchev–Trinajstić information content (AvgIpc) is 3.39. The lowest BCUT2D eigenvalue weighted by atomic mass is 10.1. The zero-order valence-electron chi connectivity index (χ0n) is 20.8. The molecule has 0 aliphatic carbocycles. The van der Waals surface area contributed by atoms with E-state index in [1.165, 1.54) is 0 Å². The normalized spacial score (nSPS) is 15.5. The Morgan fingerprint density at radius 3 is 2.56 bits per heavy atom. The molecule has 0 saturated heterocycles. The largest absolute Gasteiger partial charge is 0.456 e. The Balaban J connectivity index is 1.87. The lowest BCUT2D eigenvalue weighted by Crippen LogP contribution is -1.93. The molecule has 0 bridgehead atoms. The predicted molar refractivity (Wildman–Crippen MR) is 116 cm³/mol. The van der Waals surface area contributed by atoms with E-state index in [0.29, 0.717) is 16.8 Å². The Hall–Kier alpha value is -3.04. The van der Waals surface area contributed by atoms with E-state index in [-0.39, 0.29) is 51.0 Å². The van der Waals surface area contributed by atoms with Crippen molar-refractivity contribution in [2.75, 3.05) is 0 Å². The van der Waals surface area contributed by atoms with Gasteiger partial charge in [-0.25, -0.2) is 0 Å². The maximum absolute atomic E-state index is 8.64. The highest BCUT2D eigenvalue weighted by atomic mass is 79.9. The lowest BCUT2D eigenvalue weighted by Gasteiger charge is -2.09. The Bertz CT molecular complexity index is 1780. The fourth-order valence-corrected chi connectivity index (χ4v) is 4.12. The molecule has 3 heteroatoms. The Morgan fingerprint density at radius 2 is 1.59 bits per heavy atom. The van der Waals surface area contributed by atoms with Gasteiger partial charge in [0.15, 0.2) is 0 Å². The molecule has 0 amide bonds. The third-order valence-corrected chi connectivity index (χ3v) is 5.36. The van der Waals surface area contributed by atoms with Crippen LogP contribution in [0.15, 0.2) is 93.7 Å². The molecule has 2 aromatic heterocycles. The molecule has 0 aliphatic rings. The Morgan fingerprint density at radius 1 is 0.778 bits per heavy atom. The molecule has 0 atom stereocenters. The molecular weight excluding hydrogens is 398 g/mol. The molecule has 128 valence electrons. The number of fused-ring (bicyclic) bond motifs is 6. The fraction of sp³-hybridized carbons (Fsp3) is 0. The van der Waals surface area contributed by atoms with Gasteiger partial charge in [0.05, 0.1) is 20.6 Å². The van der Waals surface area contributed by atoms with Crippen molar-refractivity contribution in [2.45, 2.75) is 0 Å². The van der Waals surface area contributed by atoms with Gasteiger partial charge in [-0.15, -0.1) is 0 Å². The summed E-state index contributed by atoms with van der Waals surface area (Å²) in [6.07, 6.45) is 0. The van der Waals surface area contributed by atoms with Crippen LogP contribution < -0.4 is 0 Å². The van der Waals surface area contributed by atoms with Crippen LogP contribution in [0.25, 0.3) is 49.4 Å². The van der Waals surface area contributed by atoms with Gasteiger partial charge in [-0.05, 0) is 46.2 Å². The van der Waals surface area contributed by atoms with Gasteiger partial charge in [-0.1, -0.05) is 48.4 Å². The van der Waals surface area contributed by atoms with Crippen molar-refractivity contribution < 1.29 is 14.0 Å². The van der Waals surface area contributed by atoms with Crippen LogP contribution in [0.1, 0.15) is 9.60 Å². The maximum atomic E-state index is 8.64. The molecule has 0 unspecified atom stereocenters. The van der Waals surface area contributed by atoms with Gasteiger partial charge < -0.3 is 8.98 Å².